The van der Waals surface area contributed by atoms with Gasteiger partial charge in [-0.05, 0) is 103 Å². The van der Waals surface area contributed by atoms with Crippen LogP contribution in [0.15, 0.2) is 191 Å². The molecule has 0 unspecified atom stereocenters. The molecule has 4 nitrogen and oxygen atoms in total. The standard InChI is InChI=1S/C55H30N2O2/c58-55-45-15-4-3-12-36(45)41-16-9-17-42-48-29-32(21-27-50(48)57(55)52(41)42)31-20-23-37-38-24-22-33(30-47(38)35-11-2-1-10-34(35)46(37)28-31)56-49-18-7-5-13-39(49)43-25-26-44-40-14-6-8-19-51(40)59-54(44)53(43)56/h1-30H. The summed E-state index contributed by atoms with van der Waals surface area (Å²) in [7, 11) is 0. The van der Waals surface area contributed by atoms with Gasteiger partial charge >= 0.3 is 0 Å². The van der Waals surface area contributed by atoms with Gasteiger partial charge in [-0.1, -0.05) is 127 Å². The van der Waals surface area contributed by atoms with Crippen LogP contribution in [0.5, 0.6) is 0 Å². The molecule has 0 fully saturated rings. The van der Waals surface area contributed by atoms with Crippen LogP contribution in [0.3, 0.4) is 0 Å². The van der Waals surface area contributed by atoms with E-state index < -0.39 is 0 Å². The summed E-state index contributed by atoms with van der Waals surface area (Å²) in [5.74, 6) is 0. The first-order valence-electron chi connectivity index (χ1n) is 20.1. The number of rotatable bonds is 2. The summed E-state index contributed by atoms with van der Waals surface area (Å²) in [5.41, 5.74) is 9.35. The highest BCUT2D eigenvalue weighted by molar-refractivity contribution is 6.27. The summed E-state index contributed by atoms with van der Waals surface area (Å²) in [5, 5.41) is 16.9. The zero-order chi connectivity index (χ0) is 38.5. The van der Waals surface area contributed by atoms with E-state index in [1.54, 1.807) is 0 Å². The molecular weight excluding hydrogens is 721 g/mol. The summed E-state index contributed by atoms with van der Waals surface area (Å²) in [4.78, 5) is 13.9. The van der Waals surface area contributed by atoms with Crippen LogP contribution in [-0.4, -0.2) is 8.97 Å². The molecular formula is C55H30N2O2. The largest absolute Gasteiger partial charge is 0.454 e. The van der Waals surface area contributed by atoms with Gasteiger partial charge in [0, 0.05) is 48.8 Å². The van der Waals surface area contributed by atoms with E-state index in [0.29, 0.717) is 0 Å². The van der Waals surface area contributed by atoms with E-state index in [1.807, 2.05) is 28.7 Å². The van der Waals surface area contributed by atoms with Crippen molar-refractivity contribution in [3.05, 3.63) is 192 Å². The monoisotopic (exact) mass is 750 g/mol. The second-order valence-corrected chi connectivity index (χ2v) is 15.9. The highest BCUT2D eigenvalue weighted by atomic mass is 16.3. The van der Waals surface area contributed by atoms with E-state index in [2.05, 4.69) is 162 Å². The number of para-hydroxylation sites is 3. The van der Waals surface area contributed by atoms with Gasteiger partial charge < -0.3 is 8.98 Å². The predicted molar refractivity (Wildman–Crippen MR) is 247 cm³/mol. The molecule has 0 radical (unpaired) electrons. The van der Waals surface area contributed by atoms with Gasteiger partial charge in [-0.25, -0.2) is 0 Å². The van der Waals surface area contributed by atoms with E-state index >= 15 is 0 Å². The lowest BCUT2D eigenvalue weighted by Gasteiger charge is -2.15. The Morgan fingerprint density at radius 2 is 0.864 bits per heavy atom. The van der Waals surface area contributed by atoms with Crippen LogP contribution in [0.2, 0.25) is 0 Å². The van der Waals surface area contributed by atoms with Crippen molar-refractivity contribution in [3.8, 4) is 16.8 Å². The third-order valence-electron chi connectivity index (χ3n) is 13.0. The van der Waals surface area contributed by atoms with Crippen LogP contribution in [0.4, 0.5) is 0 Å². The van der Waals surface area contributed by atoms with E-state index in [0.717, 1.165) is 87.8 Å². The summed E-state index contributed by atoms with van der Waals surface area (Å²) < 4.78 is 11.0. The third kappa shape index (κ3) is 4.00. The summed E-state index contributed by atoms with van der Waals surface area (Å²) >= 11 is 0. The number of benzene rings is 10. The average molecular weight is 751 g/mol. The number of furan rings is 1. The van der Waals surface area contributed by atoms with Crippen molar-refractivity contribution in [2.45, 2.75) is 0 Å². The van der Waals surface area contributed by atoms with Gasteiger partial charge in [0.25, 0.3) is 5.56 Å². The van der Waals surface area contributed by atoms with Crippen LogP contribution < -0.4 is 5.56 Å². The van der Waals surface area contributed by atoms with Gasteiger partial charge in [-0.3, -0.25) is 9.20 Å². The maximum Gasteiger partial charge on any atom is 0.263 e. The molecule has 59 heavy (non-hydrogen) atoms. The van der Waals surface area contributed by atoms with Crippen molar-refractivity contribution < 1.29 is 4.42 Å². The second-order valence-electron chi connectivity index (χ2n) is 15.9. The van der Waals surface area contributed by atoms with Gasteiger partial charge in [-0.15, -0.1) is 0 Å². The molecule has 0 bridgehead atoms. The Bertz CT molecular complexity index is 4200. The molecule has 0 saturated heterocycles. The summed E-state index contributed by atoms with van der Waals surface area (Å²) in [6, 6.07) is 65.0. The number of hydrogen-bond acceptors (Lipinski definition) is 2. The minimum absolute atomic E-state index is 0.0280. The van der Waals surface area contributed by atoms with Gasteiger partial charge in [0.1, 0.15) is 5.58 Å². The predicted octanol–water partition coefficient (Wildman–Crippen LogP) is 14.3. The normalized spacial score (nSPS) is 12.5. The molecule has 0 aliphatic heterocycles. The van der Waals surface area contributed by atoms with Gasteiger partial charge in [-0.2, -0.15) is 0 Å². The zero-order valence-corrected chi connectivity index (χ0v) is 31.5. The first-order chi connectivity index (χ1) is 29.2. The second kappa shape index (κ2) is 11.1. The molecule has 0 N–H and O–H groups in total. The molecule has 0 saturated carbocycles. The Balaban J connectivity index is 0.995. The Morgan fingerprint density at radius 3 is 1.66 bits per heavy atom. The maximum absolute atomic E-state index is 13.9. The third-order valence-corrected chi connectivity index (χ3v) is 13.0. The van der Waals surface area contributed by atoms with Crippen LogP contribution in [-0.2, 0) is 0 Å². The first-order valence-corrected chi connectivity index (χ1v) is 20.1. The summed E-state index contributed by atoms with van der Waals surface area (Å²) in [6.07, 6.45) is 0. The van der Waals surface area contributed by atoms with Crippen molar-refractivity contribution in [1.29, 1.82) is 0 Å². The quantitative estimate of drug-likeness (QED) is 0.165. The first kappa shape index (κ1) is 31.2. The Labute approximate surface area is 335 Å². The molecule has 272 valence electrons. The van der Waals surface area contributed by atoms with Gasteiger partial charge in [0.2, 0.25) is 0 Å². The lowest BCUT2D eigenvalue weighted by molar-refractivity contribution is 0.671. The summed E-state index contributed by atoms with van der Waals surface area (Å²) in [6.45, 7) is 0. The van der Waals surface area contributed by atoms with E-state index in [1.165, 1.54) is 43.1 Å². The highest BCUT2D eigenvalue weighted by Gasteiger charge is 2.21. The highest BCUT2D eigenvalue weighted by Crippen LogP contribution is 2.43. The molecule has 0 atom stereocenters. The smallest absolute Gasteiger partial charge is 0.263 e. The number of nitrogens with zero attached hydrogens (tertiary/aromatic N) is 2. The zero-order valence-electron chi connectivity index (χ0n) is 31.5. The molecule has 4 aromatic heterocycles. The van der Waals surface area contributed by atoms with E-state index in [4.69, 9.17) is 4.42 Å². The molecule has 0 spiro atoms. The minimum Gasteiger partial charge on any atom is -0.454 e. The number of pyridine rings is 1. The van der Waals surface area contributed by atoms with Crippen molar-refractivity contribution >= 4 is 114 Å². The molecule has 0 aliphatic rings. The lowest BCUT2D eigenvalue weighted by atomic mass is 9.91. The van der Waals surface area contributed by atoms with Gasteiger partial charge in [0.15, 0.2) is 5.58 Å². The van der Waals surface area contributed by atoms with Crippen LogP contribution >= 0.6 is 0 Å². The van der Waals surface area contributed by atoms with E-state index in [9.17, 15) is 4.79 Å². The Kier molecular flexibility index (Phi) is 5.88. The molecule has 10 aromatic carbocycles. The van der Waals surface area contributed by atoms with Crippen molar-refractivity contribution in [1.82, 2.24) is 8.97 Å². The number of aromatic nitrogens is 2. The van der Waals surface area contributed by atoms with Crippen molar-refractivity contribution in [2.75, 3.05) is 0 Å². The fourth-order valence-electron chi connectivity index (χ4n) is 10.5. The van der Waals surface area contributed by atoms with Gasteiger partial charge in [0.05, 0.1) is 22.1 Å². The molecule has 4 heterocycles. The molecule has 0 amide bonds. The minimum atomic E-state index is 0.0280. The fourth-order valence-corrected chi connectivity index (χ4v) is 10.5. The Hall–Kier alpha value is -7.95. The van der Waals surface area contributed by atoms with E-state index in [-0.39, 0.29) is 5.56 Å². The van der Waals surface area contributed by atoms with Crippen molar-refractivity contribution in [2.24, 2.45) is 0 Å². The Morgan fingerprint density at radius 1 is 0.339 bits per heavy atom. The van der Waals surface area contributed by atoms with Crippen molar-refractivity contribution in [3.63, 3.8) is 0 Å². The fraction of sp³-hybridized carbons (Fsp3) is 0. The van der Waals surface area contributed by atoms with Crippen LogP contribution in [0, 0.1) is 0 Å². The molecule has 14 rings (SSSR count). The maximum atomic E-state index is 13.9. The van der Waals surface area contributed by atoms with Crippen LogP contribution in [0.25, 0.3) is 131 Å². The number of fused-ring (bicyclic) bond motifs is 18. The molecule has 4 heteroatoms. The lowest BCUT2D eigenvalue weighted by Crippen LogP contribution is -2.12. The SMILES string of the molecule is O=c1c2ccccc2c2cccc3c4cc(-c5ccc6c7ccc(-n8c9ccccc9c9ccc%10c%11ccccc%11oc%10c98)cc7c7ccccc7c6c5)ccc4n1c23. The topological polar surface area (TPSA) is 39.5 Å². The molecule has 14 aromatic rings. The average Bonchev–Trinajstić information content (AvgIpc) is 3.96. The van der Waals surface area contributed by atoms with Crippen LogP contribution in [0.1, 0.15) is 0 Å². The molecule has 0 aliphatic carbocycles. The number of hydrogen-bond donors (Lipinski definition) is 0.